The Balaban J connectivity index is 0.619. The average molecular weight is 1240 g/mol. The van der Waals surface area contributed by atoms with E-state index < -0.39 is 0 Å². The SMILES string of the molecule is c1cc(-c2cccc(-c3cccc(-c4cccc(-n5c6ccccc6c6cc(-c7cccc8c9ccc(-c%10cccc(-c%11ccnc(-n%12c%13ccccc%13c%13ccccc%13%12)n%11)c%10)cc9c9ccccc9c78)ccc65)c4)n3)c2)cc(-c2ccc3c4ccccc4c4ccccc4c3c2)c1. The van der Waals surface area contributed by atoms with Crippen LogP contribution in [0.5, 0.6) is 0 Å². The summed E-state index contributed by atoms with van der Waals surface area (Å²) < 4.78 is 4.59. The highest BCUT2D eigenvalue weighted by Gasteiger charge is 2.21. The van der Waals surface area contributed by atoms with Crippen molar-refractivity contribution in [1.29, 1.82) is 0 Å². The first-order valence-corrected chi connectivity index (χ1v) is 33.5. The number of para-hydroxylation sites is 3. The van der Waals surface area contributed by atoms with Gasteiger partial charge >= 0.3 is 0 Å². The lowest BCUT2D eigenvalue weighted by molar-refractivity contribution is 0.992. The smallest absolute Gasteiger partial charge is 0.235 e. The van der Waals surface area contributed by atoms with Gasteiger partial charge in [-0.25, -0.2) is 15.0 Å². The molecule has 0 saturated carbocycles. The van der Waals surface area contributed by atoms with Crippen molar-refractivity contribution in [3.8, 4) is 89.9 Å². The molecule has 454 valence electrons. The van der Waals surface area contributed by atoms with Gasteiger partial charge in [0, 0.05) is 50.1 Å². The lowest BCUT2D eigenvalue weighted by Crippen LogP contribution is -2.01. The van der Waals surface area contributed by atoms with Crippen molar-refractivity contribution < 1.29 is 0 Å². The minimum absolute atomic E-state index is 0.650. The zero-order valence-corrected chi connectivity index (χ0v) is 53.1. The molecule has 4 heterocycles. The molecule has 0 fully saturated rings. The Morgan fingerprint density at radius 2 is 0.551 bits per heavy atom. The van der Waals surface area contributed by atoms with E-state index >= 15 is 0 Å². The maximum Gasteiger partial charge on any atom is 0.235 e. The molecule has 0 aliphatic rings. The lowest BCUT2D eigenvalue weighted by Gasteiger charge is -2.16. The second kappa shape index (κ2) is 22.3. The molecule has 0 aliphatic heterocycles. The van der Waals surface area contributed by atoms with Gasteiger partial charge in [-0.1, -0.05) is 249 Å². The maximum absolute atomic E-state index is 5.39. The zero-order valence-electron chi connectivity index (χ0n) is 53.1. The van der Waals surface area contributed by atoms with E-state index in [1.807, 2.05) is 12.3 Å². The van der Waals surface area contributed by atoms with Crippen molar-refractivity contribution in [1.82, 2.24) is 24.1 Å². The summed E-state index contributed by atoms with van der Waals surface area (Å²) in [6.07, 6.45) is 1.88. The van der Waals surface area contributed by atoms with Crippen LogP contribution in [0.1, 0.15) is 0 Å². The summed E-state index contributed by atoms with van der Waals surface area (Å²) in [6, 6.07) is 124. The van der Waals surface area contributed by atoms with Crippen LogP contribution in [0, 0.1) is 0 Å². The molecule has 0 aliphatic carbocycles. The maximum atomic E-state index is 5.39. The summed E-state index contributed by atoms with van der Waals surface area (Å²) in [6.45, 7) is 0. The van der Waals surface area contributed by atoms with Crippen LogP contribution in [0.15, 0.2) is 346 Å². The summed E-state index contributed by atoms with van der Waals surface area (Å²) in [4.78, 5) is 15.4. The Hall–Kier alpha value is -13.1. The molecule has 0 atom stereocenters. The normalized spacial score (nSPS) is 11.9. The van der Waals surface area contributed by atoms with Crippen LogP contribution in [0.2, 0.25) is 0 Å². The number of benzene rings is 16. The summed E-state index contributed by atoms with van der Waals surface area (Å²) in [7, 11) is 0. The van der Waals surface area contributed by atoms with Gasteiger partial charge in [0.15, 0.2) is 0 Å². The van der Waals surface area contributed by atoms with E-state index in [0.29, 0.717) is 5.95 Å². The third-order valence-corrected chi connectivity index (χ3v) is 20.3. The second-order valence-electron chi connectivity index (χ2n) is 25.8. The molecule has 0 unspecified atom stereocenters. The van der Waals surface area contributed by atoms with E-state index in [-0.39, 0.29) is 0 Å². The fourth-order valence-corrected chi connectivity index (χ4v) is 15.8. The van der Waals surface area contributed by atoms with E-state index in [2.05, 4.69) is 343 Å². The minimum Gasteiger partial charge on any atom is -0.309 e. The lowest BCUT2D eigenvalue weighted by atomic mass is 9.88. The monoisotopic (exact) mass is 1240 g/mol. The standard InChI is InChI=1S/C93H57N5/c1-2-29-72-70(27-1)71-28-3-4-30-73(71)82-55-62(43-46-75(72)82)59-20-13-19-58(51-59)60-21-14-23-65(52-60)85-38-18-39-86(95-85)67-25-16-26-68(54-67)97-88-40-10-9-34-79(88)84-57-64(45-48-91(84)97)69-36-17-37-81-76-47-44-63(56-83(76)74-31-5-6-35-80(74)92(69)81)61-22-15-24-66(53-61)87-49-50-94-93(96-87)98-89-41-11-7-32-77(89)78-33-8-12-42-90(78)98/h1-57H. The van der Waals surface area contributed by atoms with E-state index in [9.17, 15) is 0 Å². The Labute approximate surface area is 564 Å². The van der Waals surface area contributed by atoms with Crippen molar-refractivity contribution >= 4 is 108 Å². The number of nitrogens with zero attached hydrogens (tertiary/aromatic N) is 5. The molecule has 20 aromatic rings. The Morgan fingerprint density at radius 1 is 0.194 bits per heavy atom. The zero-order chi connectivity index (χ0) is 64.4. The molecular formula is C93H57N5. The third-order valence-electron chi connectivity index (χ3n) is 20.3. The fourth-order valence-electron chi connectivity index (χ4n) is 15.8. The molecule has 0 bridgehead atoms. The van der Waals surface area contributed by atoms with Crippen molar-refractivity contribution in [3.63, 3.8) is 0 Å². The summed E-state index contributed by atoms with van der Waals surface area (Å²) in [5, 5.41) is 19.8. The molecular weight excluding hydrogens is 1190 g/mol. The number of fused-ring (bicyclic) bond motifs is 18. The van der Waals surface area contributed by atoms with Crippen LogP contribution in [-0.2, 0) is 0 Å². The first-order chi connectivity index (χ1) is 48.6. The molecule has 16 aromatic carbocycles. The molecule has 5 nitrogen and oxygen atoms in total. The minimum atomic E-state index is 0.650. The first-order valence-electron chi connectivity index (χ1n) is 33.5. The predicted molar refractivity (Wildman–Crippen MR) is 412 cm³/mol. The molecule has 0 N–H and O–H groups in total. The number of hydrogen-bond donors (Lipinski definition) is 0. The number of hydrogen-bond acceptors (Lipinski definition) is 3. The van der Waals surface area contributed by atoms with Gasteiger partial charge in [-0.05, 0) is 200 Å². The Morgan fingerprint density at radius 3 is 1.12 bits per heavy atom. The average Bonchev–Trinajstić information content (AvgIpc) is 1.41. The highest BCUT2D eigenvalue weighted by Crippen LogP contribution is 2.45. The van der Waals surface area contributed by atoms with Gasteiger partial charge in [-0.2, -0.15) is 0 Å². The van der Waals surface area contributed by atoms with Crippen molar-refractivity contribution in [2.75, 3.05) is 0 Å². The second-order valence-corrected chi connectivity index (χ2v) is 25.8. The van der Waals surface area contributed by atoms with Crippen LogP contribution in [-0.4, -0.2) is 24.1 Å². The largest absolute Gasteiger partial charge is 0.309 e. The number of pyridine rings is 1. The molecule has 0 amide bonds. The molecule has 98 heavy (non-hydrogen) atoms. The van der Waals surface area contributed by atoms with Crippen LogP contribution in [0.25, 0.3) is 198 Å². The van der Waals surface area contributed by atoms with E-state index in [4.69, 9.17) is 15.0 Å². The fraction of sp³-hybridized carbons (Fsp3) is 0. The molecule has 5 heteroatoms. The first kappa shape index (κ1) is 55.4. The summed E-state index contributed by atoms with van der Waals surface area (Å²) in [5.74, 6) is 0.650. The molecule has 20 rings (SSSR count). The molecule has 0 spiro atoms. The number of rotatable bonds is 9. The Kier molecular flexibility index (Phi) is 12.6. The van der Waals surface area contributed by atoms with Crippen LogP contribution >= 0.6 is 0 Å². The highest BCUT2D eigenvalue weighted by molar-refractivity contribution is 6.29. The predicted octanol–water partition coefficient (Wildman–Crippen LogP) is 24.7. The summed E-state index contributed by atoms with van der Waals surface area (Å²) in [5.41, 5.74) is 20.8. The summed E-state index contributed by atoms with van der Waals surface area (Å²) >= 11 is 0. The Bertz CT molecular complexity index is 6590. The van der Waals surface area contributed by atoms with Crippen molar-refractivity contribution in [2.24, 2.45) is 0 Å². The van der Waals surface area contributed by atoms with Crippen LogP contribution in [0.3, 0.4) is 0 Å². The molecule has 4 aromatic heterocycles. The van der Waals surface area contributed by atoms with E-state index in [1.54, 1.807) is 0 Å². The van der Waals surface area contributed by atoms with E-state index in [1.165, 1.54) is 108 Å². The van der Waals surface area contributed by atoms with Gasteiger partial charge in [0.1, 0.15) is 0 Å². The van der Waals surface area contributed by atoms with Crippen LogP contribution in [0.4, 0.5) is 0 Å². The van der Waals surface area contributed by atoms with Gasteiger partial charge in [-0.15, -0.1) is 0 Å². The van der Waals surface area contributed by atoms with Gasteiger partial charge in [0.05, 0.1) is 39.1 Å². The van der Waals surface area contributed by atoms with Crippen molar-refractivity contribution in [2.45, 2.75) is 0 Å². The third kappa shape index (κ3) is 8.91. The van der Waals surface area contributed by atoms with Gasteiger partial charge in [0.2, 0.25) is 5.95 Å². The molecule has 0 radical (unpaired) electrons. The van der Waals surface area contributed by atoms with Gasteiger partial charge < -0.3 is 4.57 Å². The van der Waals surface area contributed by atoms with E-state index in [0.717, 1.165) is 83.8 Å². The van der Waals surface area contributed by atoms with Crippen molar-refractivity contribution in [3.05, 3.63) is 346 Å². The molecule has 0 saturated heterocycles. The van der Waals surface area contributed by atoms with Gasteiger partial charge in [-0.3, -0.25) is 4.57 Å². The van der Waals surface area contributed by atoms with Crippen LogP contribution < -0.4 is 0 Å². The topological polar surface area (TPSA) is 48.5 Å². The highest BCUT2D eigenvalue weighted by atomic mass is 15.2. The number of aromatic nitrogens is 5. The quantitative estimate of drug-likeness (QED) is 0.135. The van der Waals surface area contributed by atoms with Gasteiger partial charge in [0.25, 0.3) is 0 Å².